The maximum atomic E-state index is 13.5. The Morgan fingerprint density at radius 3 is 1.96 bits per heavy atom. The molecule has 0 atom stereocenters. The molecule has 0 saturated carbocycles. The Balaban J connectivity index is 0.000000527. The van der Waals surface area contributed by atoms with Gasteiger partial charge in [-0.1, -0.05) is 18.2 Å². The van der Waals surface area contributed by atoms with E-state index in [1.807, 2.05) is 12.1 Å². The number of methoxy groups -OCH3 is 2. The number of ether oxygens (including phenoxy) is 2. The molecule has 2 rings (SSSR count). The summed E-state index contributed by atoms with van der Waals surface area (Å²) in [4.78, 5) is 18.2. The van der Waals surface area contributed by atoms with Crippen LogP contribution in [0.1, 0.15) is 11.1 Å². The number of aliphatic carboxylic acids is 2. The lowest BCUT2D eigenvalue weighted by Gasteiger charge is -2.13. The van der Waals surface area contributed by atoms with Crippen molar-refractivity contribution in [3.63, 3.8) is 0 Å². The van der Waals surface area contributed by atoms with Gasteiger partial charge in [0.05, 0.1) is 14.2 Å². The molecule has 3 N–H and O–H groups in total. The zero-order valence-electron chi connectivity index (χ0n) is 14.7. The summed E-state index contributed by atoms with van der Waals surface area (Å²) in [7, 11) is 3.11. The number of nitrogens with one attached hydrogen (secondary N) is 1. The molecule has 0 aromatic heterocycles. The van der Waals surface area contributed by atoms with Gasteiger partial charge >= 0.3 is 11.9 Å². The van der Waals surface area contributed by atoms with E-state index in [1.165, 1.54) is 18.2 Å². The Morgan fingerprint density at radius 2 is 1.48 bits per heavy atom. The minimum absolute atomic E-state index is 0.0272. The average molecular weight is 383 g/mol. The molecular weight excluding hydrogens is 364 g/mol. The molecule has 0 radical (unpaired) electrons. The van der Waals surface area contributed by atoms with Crippen molar-refractivity contribution in [3.05, 3.63) is 59.2 Å². The molecule has 146 valence electrons. The van der Waals surface area contributed by atoms with Crippen LogP contribution in [0.2, 0.25) is 0 Å². The first-order valence-corrected chi connectivity index (χ1v) is 7.61. The standard InChI is InChI=1S/C16H17F2NO2.C2H2O4/c1-20-15-8-3-5-11(16(15)21-2)9-19-10-12-13(17)6-4-7-14(12)18;3-1(4)2(5)6/h3-8,19H,9-10H2,1-2H3;(H,3,4)(H,5,6). The molecule has 2 aromatic rings. The van der Waals surface area contributed by atoms with Crippen molar-refractivity contribution in [3.8, 4) is 11.5 Å². The molecule has 27 heavy (non-hydrogen) atoms. The van der Waals surface area contributed by atoms with Gasteiger partial charge in [0.15, 0.2) is 11.5 Å². The van der Waals surface area contributed by atoms with E-state index >= 15 is 0 Å². The highest BCUT2D eigenvalue weighted by Crippen LogP contribution is 2.30. The second-order valence-corrected chi connectivity index (χ2v) is 5.07. The van der Waals surface area contributed by atoms with Crippen LogP contribution < -0.4 is 14.8 Å². The molecule has 0 aliphatic rings. The van der Waals surface area contributed by atoms with Crippen LogP contribution in [-0.4, -0.2) is 36.4 Å². The Hall–Kier alpha value is -3.20. The average Bonchev–Trinajstić information content (AvgIpc) is 2.64. The molecule has 0 aliphatic carbocycles. The summed E-state index contributed by atoms with van der Waals surface area (Å²) < 4.78 is 37.5. The first-order chi connectivity index (χ1) is 12.8. The number of rotatable bonds is 6. The van der Waals surface area contributed by atoms with E-state index in [0.29, 0.717) is 18.0 Å². The van der Waals surface area contributed by atoms with Crippen molar-refractivity contribution in [2.75, 3.05) is 14.2 Å². The minimum Gasteiger partial charge on any atom is -0.493 e. The third-order valence-corrected chi connectivity index (χ3v) is 3.35. The Labute approximate surface area is 154 Å². The van der Waals surface area contributed by atoms with E-state index in [4.69, 9.17) is 29.3 Å². The van der Waals surface area contributed by atoms with E-state index in [9.17, 15) is 8.78 Å². The lowest BCUT2D eigenvalue weighted by Crippen LogP contribution is -2.15. The minimum atomic E-state index is -1.82. The number of benzene rings is 2. The molecule has 0 unspecified atom stereocenters. The normalized spacial score (nSPS) is 9.78. The fourth-order valence-corrected chi connectivity index (χ4v) is 2.12. The van der Waals surface area contributed by atoms with Crippen molar-refractivity contribution in [1.29, 1.82) is 0 Å². The quantitative estimate of drug-likeness (QED) is 0.658. The number of carboxylic acids is 2. The first kappa shape index (κ1) is 21.8. The summed E-state index contributed by atoms with van der Waals surface area (Å²) in [6.07, 6.45) is 0. The number of hydrogen-bond donors (Lipinski definition) is 3. The molecule has 9 heteroatoms. The lowest BCUT2D eigenvalue weighted by molar-refractivity contribution is -0.159. The number of para-hydroxylation sites is 1. The largest absolute Gasteiger partial charge is 0.493 e. The van der Waals surface area contributed by atoms with Crippen molar-refractivity contribution >= 4 is 11.9 Å². The molecule has 7 nitrogen and oxygen atoms in total. The van der Waals surface area contributed by atoms with Gasteiger partial charge in [-0.05, 0) is 18.2 Å². The molecule has 0 spiro atoms. The fourth-order valence-electron chi connectivity index (χ4n) is 2.12. The highest BCUT2D eigenvalue weighted by molar-refractivity contribution is 6.27. The van der Waals surface area contributed by atoms with Gasteiger partial charge in [-0.25, -0.2) is 18.4 Å². The maximum absolute atomic E-state index is 13.5. The smallest absolute Gasteiger partial charge is 0.414 e. The Morgan fingerprint density at radius 1 is 0.926 bits per heavy atom. The van der Waals surface area contributed by atoms with Crippen molar-refractivity contribution in [1.82, 2.24) is 5.32 Å². The topological polar surface area (TPSA) is 105 Å². The summed E-state index contributed by atoms with van der Waals surface area (Å²) in [5.74, 6) is -3.53. The molecular formula is C18H19F2NO6. The van der Waals surface area contributed by atoms with Crippen LogP contribution in [0.5, 0.6) is 11.5 Å². The zero-order valence-corrected chi connectivity index (χ0v) is 14.7. The van der Waals surface area contributed by atoms with Gasteiger partial charge in [0.1, 0.15) is 11.6 Å². The zero-order chi connectivity index (χ0) is 20.4. The van der Waals surface area contributed by atoms with Crippen LogP contribution in [0.3, 0.4) is 0 Å². The van der Waals surface area contributed by atoms with Gasteiger partial charge in [0, 0.05) is 24.2 Å². The monoisotopic (exact) mass is 383 g/mol. The fraction of sp³-hybridized carbons (Fsp3) is 0.222. The van der Waals surface area contributed by atoms with E-state index < -0.39 is 23.6 Å². The van der Waals surface area contributed by atoms with Crippen LogP contribution in [0.4, 0.5) is 8.78 Å². The lowest BCUT2D eigenvalue weighted by atomic mass is 10.1. The number of hydrogen-bond acceptors (Lipinski definition) is 5. The van der Waals surface area contributed by atoms with Gasteiger partial charge in [-0.3, -0.25) is 0 Å². The number of carbonyl (C=O) groups is 2. The van der Waals surface area contributed by atoms with Crippen LogP contribution in [-0.2, 0) is 22.7 Å². The molecule has 0 amide bonds. The Bertz CT molecular complexity index is 765. The molecule has 0 bridgehead atoms. The van der Waals surface area contributed by atoms with Crippen molar-refractivity contribution < 1.29 is 38.1 Å². The number of halogens is 2. The first-order valence-electron chi connectivity index (χ1n) is 7.61. The molecule has 0 aliphatic heterocycles. The predicted octanol–water partition coefficient (Wildman–Crippen LogP) is 2.43. The van der Waals surface area contributed by atoms with Crippen molar-refractivity contribution in [2.45, 2.75) is 13.1 Å². The van der Waals surface area contributed by atoms with Crippen LogP contribution in [0, 0.1) is 11.6 Å². The summed E-state index contributed by atoms with van der Waals surface area (Å²) >= 11 is 0. The van der Waals surface area contributed by atoms with Gasteiger partial charge in [0.25, 0.3) is 0 Å². The third kappa shape index (κ3) is 6.55. The summed E-state index contributed by atoms with van der Waals surface area (Å²) in [6, 6.07) is 9.32. The van der Waals surface area contributed by atoms with Crippen LogP contribution >= 0.6 is 0 Å². The summed E-state index contributed by atoms with van der Waals surface area (Å²) in [6.45, 7) is 0.507. The Kier molecular flexibility index (Phi) is 8.67. The highest BCUT2D eigenvalue weighted by atomic mass is 19.1. The van der Waals surface area contributed by atoms with Crippen molar-refractivity contribution in [2.24, 2.45) is 0 Å². The second kappa shape index (κ2) is 10.7. The van der Waals surface area contributed by atoms with Crippen LogP contribution in [0.25, 0.3) is 0 Å². The predicted molar refractivity (Wildman–Crippen MR) is 91.7 cm³/mol. The summed E-state index contributed by atoms with van der Waals surface area (Å²) in [5.41, 5.74) is 0.882. The SMILES string of the molecule is COc1cccc(CNCc2c(F)cccc2F)c1OC.O=C(O)C(=O)O. The van der Waals surface area contributed by atoms with Gasteiger partial charge < -0.3 is 25.0 Å². The van der Waals surface area contributed by atoms with E-state index in [1.54, 1.807) is 20.3 Å². The maximum Gasteiger partial charge on any atom is 0.414 e. The van der Waals surface area contributed by atoms with E-state index in [-0.39, 0.29) is 12.1 Å². The molecule has 0 heterocycles. The molecule has 0 fully saturated rings. The third-order valence-electron chi connectivity index (χ3n) is 3.35. The van der Waals surface area contributed by atoms with Crippen LogP contribution in [0.15, 0.2) is 36.4 Å². The highest BCUT2D eigenvalue weighted by Gasteiger charge is 2.11. The second-order valence-electron chi connectivity index (χ2n) is 5.07. The summed E-state index contributed by atoms with van der Waals surface area (Å²) in [5, 5.41) is 17.8. The van der Waals surface area contributed by atoms with E-state index in [2.05, 4.69) is 5.32 Å². The van der Waals surface area contributed by atoms with Gasteiger partial charge in [0.2, 0.25) is 0 Å². The van der Waals surface area contributed by atoms with Gasteiger partial charge in [-0.15, -0.1) is 0 Å². The van der Waals surface area contributed by atoms with E-state index in [0.717, 1.165) is 5.56 Å². The number of carboxylic acid groups (broad SMARTS) is 2. The molecule has 0 saturated heterocycles. The van der Waals surface area contributed by atoms with Gasteiger partial charge in [-0.2, -0.15) is 0 Å². The molecule has 2 aromatic carbocycles.